The molecule has 1 aromatic rings. The van der Waals surface area contributed by atoms with Crippen molar-refractivity contribution >= 4 is 21.9 Å². The number of hydrogen-bond donors (Lipinski definition) is 1. The van der Waals surface area contributed by atoms with Crippen molar-refractivity contribution in [1.29, 1.82) is 0 Å². The summed E-state index contributed by atoms with van der Waals surface area (Å²) in [6.45, 7) is 5.97. The highest BCUT2D eigenvalue weighted by Crippen LogP contribution is 2.23. The minimum absolute atomic E-state index is 0.0630. The Bertz CT molecular complexity index is 783. The van der Waals surface area contributed by atoms with Gasteiger partial charge in [0.15, 0.2) is 6.61 Å². The van der Waals surface area contributed by atoms with E-state index in [-0.39, 0.29) is 17.0 Å². The van der Waals surface area contributed by atoms with Gasteiger partial charge >= 0.3 is 5.97 Å². The average molecular weight is 380 g/mol. The maximum absolute atomic E-state index is 12.8. The lowest BCUT2D eigenvalue weighted by molar-refractivity contribution is -0.124. The molecule has 8 heteroatoms. The lowest BCUT2D eigenvalue weighted by atomic mass is 10.1. The number of benzene rings is 1. The van der Waals surface area contributed by atoms with Gasteiger partial charge < -0.3 is 10.1 Å². The number of hydrogen-bond acceptors (Lipinski definition) is 5. The van der Waals surface area contributed by atoms with E-state index in [0.29, 0.717) is 18.7 Å². The van der Waals surface area contributed by atoms with Crippen molar-refractivity contribution in [3.05, 3.63) is 42.0 Å². The minimum atomic E-state index is -3.64. The Balaban J connectivity index is 2.14. The van der Waals surface area contributed by atoms with Gasteiger partial charge in [0, 0.05) is 19.6 Å². The number of aryl methyl sites for hydroxylation is 1. The zero-order valence-corrected chi connectivity index (χ0v) is 15.7. The van der Waals surface area contributed by atoms with Crippen molar-refractivity contribution in [3.8, 4) is 0 Å². The molecule has 1 aliphatic heterocycles. The van der Waals surface area contributed by atoms with Crippen LogP contribution < -0.4 is 5.32 Å². The number of esters is 1. The molecule has 0 aromatic heterocycles. The summed E-state index contributed by atoms with van der Waals surface area (Å²) < 4.78 is 31.9. The fraction of sp³-hybridized carbons (Fsp3) is 0.444. The molecule has 0 radical (unpaired) electrons. The van der Waals surface area contributed by atoms with Crippen molar-refractivity contribution in [1.82, 2.24) is 9.62 Å². The molecule has 7 nitrogen and oxygen atoms in total. The molecule has 1 amide bonds. The number of rotatable bonds is 7. The highest BCUT2D eigenvalue weighted by Gasteiger charge is 2.27. The van der Waals surface area contributed by atoms with E-state index in [1.807, 2.05) is 0 Å². The van der Waals surface area contributed by atoms with Crippen LogP contribution in [0.3, 0.4) is 0 Å². The van der Waals surface area contributed by atoms with Gasteiger partial charge in [0.1, 0.15) is 0 Å². The summed E-state index contributed by atoms with van der Waals surface area (Å²) >= 11 is 0. The largest absolute Gasteiger partial charge is 0.452 e. The Kier molecular flexibility index (Phi) is 6.93. The molecule has 0 saturated carbocycles. The first kappa shape index (κ1) is 20.1. The molecule has 1 saturated heterocycles. The van der Waals surface area contributed by atoms with Crippen molar-refractivity contribution in [2.45, 2.75) is 31.1 Å². The summed E-state index contributed by atoms with van der Waals surface area (Å²) in [5.41, 5.74) is 0.721. The molecule has 1 aliphatic rings. The number of piperidine rings is 1. The fourth-order valence-electron chi connectivity index (χ4n) is 2.68. The number of nitrogens with zero attached hydrogens (tertiary/aromatic N) is 1. The van der Waals surface area contributed by atoms with Crippen molar-refractivity contribution in [3.63, 3.8) is 0 Å². The summed E-state index contributed by atoms with van der Waals surface area (Å²) in [6.07, 6.45) is 4.20. The monoisotopic (exact) mass is 380 g/mol. The summed E-state index contributed by atoms with van der Waals surface area (Å²) in [4.78, 5) is 23.8. The zero-order valence-electron chi connectivity index (χ0n) is 14.9. The van der Waals surface area contributed by atoms with Gasteiger partial charge in [-0.25, -0.2) is 13.2 Å². The smallest absolute Gasteiger partial charge is 0.338 e. The average Bonchev–Trinajstić information content (AvgIpc) is 2.65. The molecule has 0 aliphatic carbocycles. The first-order chi connectivity index (χ1) is 12.4. The molecular weight excluding hydrogens is 356 g/mol. The summed E-state index contributed by atoms with van der Waals surface area (Å²) in [5, 5.41) is 2.50. The minimum Gasteiger partial charge on any atom is -0.452 e. The van der Waals surface area contributed by atoms with Crippen LogP contribution in [0.2, 0.25) is 0 Å². The van der Waals surface area contributed by atoms with Gasteiger partial charge in [-0.1, -0.05) is 18.6 Å². The van der Waals surface area contributed by atoms with Crippen LogP contribution in [-0.2, 0) is 19.6 Å². The van der Waals surface area contributed by atoms with Gasteiger partial charge in [0.2, 0.25) is 10.0 Å². The van der Waals surface area contributed by atoms with Crippen LogP contribution >= 0.6 is 0 Å². The Hall–Kier alpha value is -2.19. The van der Waals surface area contributed by atoms with E-state index < -0.39 is 28.5 Å². The van der Waals surface area contributed by atoms with Gasteiger partial charge in [0.25, 0.3) is 5.91 Å². The van der Waals surface area contributed by atoms with E-state index in [1.165, 1.54) is 22.5 Å². The third kappa shape index (κ3) is 4.92. The second-order valence-electron chi connectivity index (χ2n) is 6.11. The van der Waals surface area contributed by atoms with Gasteiger partial charge in [-0.2, -0.15) is 4.31 Å². The van der Waals surface area contributed by atoms with Crippen LogP contribution in [0.5, 0.6) is 0 Å². The summed E-state index contributed by atoms with van der Waals surface area (Å²) in [7, 11) is -3.64. The predicted octanol–water partition coefficient (Wildman–Crippen LogP) is 1.63. The van der Waals surface area contributed by atoms with E-state index in [0.717, 1.165) is 19.3 Å². The molecule has 0 bridgehead atoms. The molecule has 0 spiro atoms. The zero-order chi connectivity index (χ0) is 19.2. The SMILES string of the molecule is C=CCNC(=O)COC(=O)c1cc(S(=O)(=O)N2CCCCC2)ccc1C. The Morgan fingerprint density at radius 3 is 2.62 bits per heavy atom. The number of ether oxygens (including phenoxy) is 1. The van der Waals surface area contributed by atoms with Gasteiger partial charge in [-0.15, -0.1) is 6.58 Å². The maximum atomic E-state index is 12.8. The van der Waals surface area contributed by atoms with Gasteiger partial charge in [-0.05, 0) is 37.5 Å². The molecule has 1 fully saturated rings. The topological polar surface area (TPSA) is 92.8 Å². The van der Waals surface area contributed by atoms with Crippen LogP contribution in [0.25, 0.3) is 0 Å². The highest BCUT2D eigenvalue weighted by atomic mass is 32.2. The quantitative estimate of drug-likeness (QED) is 0.573. The Morgan fingerprint density at radius 1 is 1.27 bits per heavy atom. The number of sulfonamides is 1. The third-order valence-electron chi connectivity index (χ3n) is 4.16. The van der Waals surface area contributed by atoms with Gasteiger partial charge in [-0.3, -0.25) is 4.79 Å². The molecule has 26 heavy (non-hydrogen) atoms. The molecule has 0 atom stereocenters. The van der Waals surface area contributed by atoms with Crippen molar-refractivity contribution in [2.24, 2.45) is 0 Å². The first-order valence-corrected chi connectivity index (χ1v) is 9.96. The molecule has 2 rings (SSSR count). The second kappa shape index (κ2) is 8.95. The third-order valence-corrected chi connectivity index (χ3v) is 6.05. The lowest BCUT2D eigenvalue weighted by Gasteiger charge is -2.26. The second-order valence-corrected chi connectivity index (χ2v) is 8.05. The van der Waals surface area contributed by atoms with E-state index in [1.54, 1.807) is 13.0 Å². The lowest BCUT2D eigenvalue weighted by Crippen LogP contribution is -2.35. The fourth-order valence-corrected chi connectivity index (χ4v) is 4.23. The van der Waals surface area contributed by atoms with Crippen LogP contribution in [0.4, 0.5) is 0 Å². The summed E-state index contributed by atoms with van der Waals surface area (Å²) in [6, 6.07) is 4.39. The predicted molar refractivity (Wildman–Crippen MR) is 97.3 cm³/mol. The summed E-state index contributed by atoms with van der Waals surface area (Å²) in [5.74, 6) is -1.18. The first-order valence-electron chi connectivity index (χ1n) is 8.52. The molecule has 1 N–H and O–H groups in total. The van der Waals surface area contributed by atoms with Crippen molar-refractivity contribution in [2.75, 3.05) is 26.2 Å². The Morgan fingerprint density at radius 2 is 1.96 bits per heavy atom. The standard InChI is InChI=1S/C18H24N2O5S/c1-3-9-19-17(21)13-25-18(22)16-12-15(8-7-14(16)2)26(23,24)20-10-5-4-6-11-20/h3,7-8,12H,1,4-6,9-11,13H2,2H3,(H,19,21). The normalized spacial score (nSPS) is 15.3. The van der Waals surface area contributed by atoms with Crippen molar-refractivity contribution < 1.29 is 22.7 Å². The maximum Gasteiger partial charge on any atom is 0.338 e. The number of amides is 1. The van der Waals surface area contributed by atoms with Crippen LogP contribution in [0.15, 0.2) is 35.7 Å². The Labute approximate surface area is 154 Å². The number of carbonyl (C=O) groups excluding carboxylic acids is 2. The molecule has 0 unspecified atom stereocenters. The van der Waals surface area contributed by atoms with Crippen LogP contribution in [0, 0.1) is 6.92 Å². The van der Waals surface area contributed by atoms with E-state index in [4.69, 9.17) is 4.74 Å². The molecule has 1 aromatic carbocycles. The van der Waals surface area contributed by atoms with E-state index >= 15 is 0 Å². The molecular formula is C18H24N2O5S. The molecule has 142 valence electrons. The van der Waals surface area contributed by atoms with Gasteiger partial charge in [0.05, 0.1) is 10.5 Å². The van der Waals surface area contributed by atoms with Crippen LogP contribution in [0.1, 0.15) is 35.2 Å². The molecule has 1 heterocycles. The number of nitrogens with one attached hydrogen (secondary N) is 1. The van der Waals surface area contributed by atoms with E-state index in [2.05, 4.69) is 11.9 Å². The number of carbonyl (C=O) groups is 2. The van der Waals surface area contributed by atoms with E-state index in [9.17, 15) is 18.0 Å². The van der Waals surface area contributed by atoms with Crippen LogP contribution in [-0.4, -0.2) is 50.8 Å². The highest BCUT2D eigenvalue weighted by molar-refractivity contribution is 7.89.